The quantitative estimate of drug-likeness (QED) is 0.924. The molecule has 0 bridgehead atoms. The van der Waals surface area contributed by atoms with Crippen molar-refractivity contribution in [1.82, 2.24) is 14.9 Å². The van der Waals surface area contributed by atoms with Crippen molar-refractivity contribution >= 4 is 29.1 Å². The molecule has 1 aliphatic heterocycles. The van der Waals surface area contributed by atoms with Crippen LogP contribution in [0.25, 0.3) is 0 Å². The Kier molecular flexibility index (Phi) is 4.39. The van der Waals surface area contributed by atoms with Gasteiger partial charge in [-0.05, 0) is 18.2 Å². The Hall–Kier alpha value is -2.34. The van der Waals surface area contributed by atoms with Crippen LogP contribution < -0.4 is 10.2 Å². The van der Waals surface area contributed by atoms with Crippen LogP contribution in [0.5, 0.6) is 0 Å². The SMILES string of the molecule is O=C(Nc1cnccn1)N1CCN(c2cccc(Cl)c2)CC1. The van der Waals surface area contributed by atoms with Gasteiger partial charge in [-0.15, -0.1) is 0 Å². The van der Waals surface area contributed by atoms with Crippen LogP contribution in [0, 0.1) is 0 Å². The summed E-state index contributed by atoms with van der Waals surface area (Å²) < 4.78 is 0. The highest BCUT2D eigenvalue weighted by Crippen LogP contribution is 2.20. The lowest BCUT2D eigenvalue weighted by atomic mass is 10.2. The smallest absolute Gasteiger partial charge is 0.323 e. The molecule has 2 aromatic rings. The van der Waals surface area contributed by atoms with Crippen LogP contribution in [0.4, 0.5) is 16.3 Å². The highest BCUT2D eigenvalue weighted by Gasteiger charge is 2.21. The molecule has 1 aromatic carbocycles. The second-order valence-corrected chi connectivity index (χ2v) is 5.41. The summed E-state index contributed by atoms with van der Waals surface area (Å²) in [4.78, 5) is 24.1. The van der Waals surface area contributed by atoms with E-state index in [9.17, 15) is 4.79 Å². The summed E-state index contributed by atoms with van der Waals surface area (Å²) in [5.41, 5.74) is 1.08. The fraction of sp³-hybridized carbons (Fsp3) is 0.267. The monoisotopic (exact) mass is 317 g/mol. The van der Waals surface area contributed by atoms with E-state index >= 15 is 0 Å². The van der Waals surface area contributed by atoms with Crippen LogP contribution in [0.3, 0.4) is 0 Å². The van der Waals surface area contributed by atoms with E-state index in [1.807, 2.05) is 24.3 Å². The zero-order valence-electron chi connectivity index (χ0n) is 11.9. The van der Waals surface area contributed by atoms with E-state index in [1.165, 1.54) is 6.20 Å². The van der Waals surface area contributed by atoms with Gasteiger partial charge in [-0.2, -0.15) is 0 Å². The highest BCUT2D eigenvalue weighted by atomic mass is 35.5. The number of carbonyl (C=O) groups excluding carboxylic acids is 1. The Morgan fingerprint density at radius 1 is 1.18 bits per heavy atom. The Labute approximate surface area is 133 Å². The number of aromatic nitrogens is 2. The van der Waals surface area contributed by atoms with Crippen molar-refractivity contribution in [1.29, 1.82) is 0 Å². The summed E-state index contributed by atoms with van der Waals surface area (Å²) in [5.74, 6) is 0.463. The molecule has 0 aliphatic carbocycles. The molecule has 1 fully saturated rings. The van der Waals surface area contributed by atoms with Crippen molar-refractivity contribution in [2.75, 3.05) is 36.4 Å². The van der Waals surface area contributed by atoms with Gasteiger partial charge in [0.15, 0.2) is 5.82 Å². The zero-order valence-corrected chi connectivity index (χ0v) is 12.7. The first kappa shape index (κ1) is 14.6. The molecule has 0 atom stereocenters. The molecule has 0 saturated carbocycles. The number of piperazine rings is 1. The van der Waals surface area contributed by atoms with Crippen molar-refractivity contribution in [3.8, 4) is 0 Å². The number of carbonyl (C=O) groups is 1. The minimum atomic E-state index is -0.147. The standard InChI is InChI=1S/C15H16ClN5O/c16-12-2-1-3-13(10-12)20-6-8-21(9-7-20)15(22)19-14-11-17-4-5-18-14/h1-5,10-11H,6-9H2,(H,18,19,22). The minimum absolute atomic E-state index is 0.147. The fourth-order valence-corrected chi connectivity index (χ4v) is 2.58. The van der Waals surface area contributed by atoms with E-state index in [4.69, 9.17) is 11.6 Å². The van der Waals surface area contributed by atoms with E-state index in [1.54, 1.807) is 17.3 Å². The molecular formula is C15H16ClN5O. The average molecular weight is 318 g/mol. The molecule has 6 nitrogen and oxygen atoms in total. The largest absolute Gasteiger partial charge is 0.368 e. The van der Waals surface area contributed by atoms with Crippen LogP contribution in [-0.2, 0) is 0 Å². The van der Waals surface area contributed by atoms with Gasteiger partial charge in [-0.25, -0.2) is 9.78 Å². The number of hydrogen-bond acceptors (Lipinski definition) is 4. The Morgan fingerprint density at radius 2 is 2.00 bits per heavy atom. The van der Waals surface area contributed by atoms with Crippen molar-refractivity contribution in [2.45, 2.75) is 0 Å². The summed E-state index contributed by atoms with van der Waals surface area (Å²) in [6, 6.07) is 7.62. The molecular weight excluding hydrogens is 302 g/mol. The molecule has 1 N–H and O–H groups in total. The summed E-state index contributed by atoms with van der Waals surface area (Å²) in [6.07, 6.45) is 4.65. The van der Waals surface area contributed by atoms with Gasteiger partial charge >= 0.3 is 6.03 Å². The number of rotatable bonds is 2. The number of hydrogen-bond donors (Lipinski definition) is 1. The third kappa shape index (κ3) is 3.46. The third-order valence-corrected chi connectivity index (χ3v) is 3.77. The van der Waals surface area contributed by atoms with Crippen LogP contribution in [0.1, 0.15) is 0 Å². The number of nitrogens with zero attached hydrogens (tertiary/aromatic N) is 4. The van der Waals surface area contributed by atoms with Gasteiger partial charge < -0.3 is 9.80 Å². The maximum atomic E-state index is 12.2. The first-order chi connectivity index (χ1) is 10.7. The van der Waals surface area contributed by atoms with Gasteiger partial charge in [0.2, 0.25) is 0 Å². The molecule has 0 radical (unpaired) electrons. The molecule has 22 heavy (non-hydrogen) atoms. The minimum Gasteiger partial charge on any atom is -0.368 e. The van der Waals surface area contributed by atoms with Crippen LogP contribution >= 0.6 is 11.6 Å². The second-order valence-electron chi connectivity index (χ2n) is 4.97. The van der Waals surface area contributed by atoms with Crippen LogP contribution in [0.2, 0.25) is 5.02 Å². The first-order valence-electron chi connectivity index (χ1n) is 7.05. The number of halogens is 1. The van der Waals surface area contributed by atoms with Crippen molar-refractivity contribution in [2.24, 2.45) is 0 Å². The lowest BCUT2D eigenvalue weighted by Gasteiger charge is -2.36. The van der Waals surface area contributed by atoms with E-state index in [0.29, 0.717) is 18.9 Å². The molecule has 0 unspecified atom stereocenters. The number of nitrogens with one attached hydrogen (secondary N) is 1. The number of benzene rings is 1. The van der Waals surface area contributed by atoms with Gasteiger partial charge in [0.05, 0.1) is 6.20 Å². The second kappa shape index (κ2) is 6.62. The molecule has 114 valence electrons. The summed E-state index contributed by atoms with van der Waals surface area (Å²) >= 11 is 6.02. The fourth-order valence-electron chi connectivity index (χ4n) is 2.39. The topological polar surface area (TPSA) is 61.4 Å². The summed E-state index contributed by atoms with van der Waals surface area (Å²) in [5, 5.41) is 3.47. The lowest BCUT2D eigenvalue weighted by molar-refractivity contribution is 0.208. The van der Waals surface area contributed by atoms with E-state index < -0.39 is 0 Å². The Balaban J connectivity index is 1.56. The molecule has 7 heteroatoms. The summed E-state index contributed by atoms with van der Waals surface area (Å²) in [7, 11) is 0. The predicted octanol–water partition coefficient (Wildman–Crippen LogP) is 2.48. The molecule has 0 spiro atoms. The zero-order chi connectivity index (χ0) is 15.4. The lowest BCUT2D eigenvalue weighted by Crippen LogP contribution is -2.50. The molecule has 2 heterocycles. The molecule has 1 aliphatic rings. The van der Waals surface area contributed by atoms with Crippen molar-refractivity contribution in [3.63, 3.8) is 0 Å². The molecule has 1 saturated heterocycles. The Bertz CT molecular complexity index is 643. The first-order valence-corrected chi connectivity index (χ1v) is 7.42. The average Bonchev–Trinajstić information content (AvgIpc) is 2.56. The van der Waals surface area contributed by atoms with Crippen LogP contribution in [-0.4, -0.2) is 47.1 Å². The third-order valence-electron chi connectivity index (χ3n) is 3.54. The number of amides is 2. The predicted molar refractivity (Wildman–Crippen MR) is 86.3 cm³/mol. The molecule has 1 aromatic heterocycles. The van der Waals surface area contributed by atoms with Gasteiger partial charge in [0.1, 0.15) is 0 Å². The maximum absolute atomic E-state index is 12.2. The van der Waals surface area contributed by atoms with E-state index in [-0.39, 0.29) is 6.03 Å². The van der Waals surface area contributed by atoms with Crippen LogP contribution in [0.15, 0.2) is 42.9 Å². The van der Waals surface area contributed by atoms with Crippen molar-refractivity contribution < 1.29 is 4.79 Å². The number of urea groups is 1. The summed E-state index contributed by atoms with van der Waals surface area (Å²) in [6.45, 7) is 2.85. The number of anilines is 2. The van der Waals surface area contributed by atoms with Gasteiger partial charge in [0.25, 0.3) is 0 Å². The van der Waals surface area contributed by atoms with Gasteiger partial charge in [-0.3, -0.25) is 10.3 Å². The van der Waals surface area contributed by atoms with Crippen molar-refractivity contribution in [3.05, 3.63) is 47.9 Å². The highest BCUT2D eigenvalue weighted by molar-refractivity contribution is 6.30. The van der Waals surface area contributed by atoms with E-state index in [2.05, 4.69) is 20.2 Å². The Morgan fingerprint density at radius 3 is 2.68 bits per heavy atom. The van der Waals surface area contributed by atoms with Gasteiger partial charge in [0, 0.05) is 49.3 Å². The molecule has 2 amide bonds. The van der Waals surface area contributed by atoms with E-state index in [0.717, 1.165) is 23.8 Å². The maximum Gasteiger partial charge on any atom is 0.323 e. The van der Waals surface area contributed by atoms with Gasteiger partial charge in [-0.1, -0.05) is 17.7 Å². The normalized spacial score (nSPS) is 14.8. The molecule has 3 rings (SSSR count).